The maximum atomic E-state index is 12.5. The van der Waals surface area contributed by atoms with Gasteiger partial charge in [0.1, 0.15) is 11.8 Å². The van der Waals surface area contributed by atoms with Crippen LogP contribution in [0, 0.1) is 5.41 Å². The minimum absolute atomic E-state index is 0.0131. The summed E-state index contributed by atoms with van der Waals surface area (Å²) in [4.78, 5) is 16.4. The van der Waals surface area contributed by atoms with Crippen molar-refractivity contribution in [3.05, 3.63) is 17.5 Å². The Balaban J connectivity index is 1.79. The van der Waals surface area contributed by atoms with E-state index >= 15 is 0 Å². The van der Waals surface area contributed by atoms with Crippen LogP contribution in [0.5, 0.6) is 0 Å². The molecule has 3 rings (SSSR count). The Kier molecular flexibility index (Phi) is 10.9. The van der Waals surface area contributed by atoms with Gasteiger partial charge < -0.3 is 23.7 Å². The van der Waals surface area contributed by atoms with Crippen molar-refractivity contribution in [3.63, 3.8) is 0 Å². The van der Waals surface area contributed by atoms with Gasteiger partial charge in [-0.3, -0.25) is 0 Å². The summed E-state index contributed by atoms with van der Waals surface area (Å²) in [5, 5.41) is 5.41. The van der Waals surface area contributed by atoms with E-state index in [1.165, 1.54) is 17.7 Å². The zero-order valence-corrected chi connectivity index (χ0v) is 29.3. The molecule has 0 aromatic carbocycles. The van der Waals surface area contributed by atoms with Crippen molar-refractivity contribution in [1.82, 2.24) is 19.6 Å². The van der Waals surface area contributed by atoms with Crippen molar-refractivity contribution >= 4 is 14.4 Å². The van der Waals surface area contributed by atoms with Gasteiger partial charge in [0.15, 0.2) is 8.32 Å². The van der Waals surface area contributed by atoms with Crippen LogP contribution in [0.1, 0.15) is 117 Å². The van der Waals surface area contributed by atoms with E-state index in [1.807, 2.05) is 20.8 Å². The molecule has 9 heteroatoms. The lowest BCUT2D eigenvalue weighted by atomic mass is 9.70. The molecule has 1 amide bonds. The van der Waals surface area contributed by atoms with E-state index in [4.69, 9.17) is 19.0 Å². The summed E-state index contributed by atoms with van der Waals surface area (Å²) in [6, 6.07) is 0. The number of hydrogen-bond donors (Lipinski definition) is 0. The van der Waals surface area contributed by atoms with Crippen molar-refractivity contribution in [2.24, 2.45) is 5.41 Å². The number of hydrogen-bond acceptors (Lipinski definition) is 6. The van der Waals surface area contributed by atoms with Gasteiger partial charge in [0.05, 0.1) is 11.8 Å². The standard InChI is InChI=1S/C32H60N4O4Si/c1-30(2,3)39-29(37)35(10)19-18-34(9)22-25-23-36(27-15-13-14-20-38-27)33-28(25)24-16-17-32(7,8)26(21-24)40-41(11,12)31(4,5)6/h23-24,26-27H,13-22H2,1-12H3/t24?,26-,27?/m1/s1. The van der Waals surface area contributed by atoms with Crippen LogP contribution >= 0.6 is 0 Å². The van der Waals surface area contributed by atoms with Gasteiger partial charge in [-0.2, -0.15) is 5.10 Å². The molecule has 3 atom stereocenters. The first-order valence-corrected chi connectivity index (χ1v) is 18.7. The highest BCUT2D eigenvalue weighted by molar-refractivity contribution is 6.74. The minimum atomic E-state index is -1.92. The fourth-order valence-electron chi connectivity index (χ4n) is 5.50. The second-order valence-electron chi connectivity index (χ2n) is 15.8. The number of ether oxygens (including phenoxy) is 2. The summed E-state index contributed by atoms with van der Waals surface area (Å²) >= 11 is 0. The van der Waals surface area contributed by atoms with Gasteiger partial charge in [0.2, 0.25) is 0 Å². The molecule has 41 heavy (non-hydrogen) atoms. The van der Waals surface area contributed by atoms with Crippen LogP contribution in [0.25, 0.3) is 0 Å². The van der Waals surface area contributed by atoms with E-state index in [0.717, 1.165) is 51.8 Å². The van der Waals surface area contributed by atoms with Crippen molar-refractivity contribution in [1.29, 1.82) is 0 Å². The van der Waals surface area contributed by atoms with Crippen LogP contribution in [0.4, 0.5) is 4.79 Å². The van der Waals surface area contributed by atoms with Gasteiger partial charge in [-0.25, -0.2) is 9.48 Å². The highest BCUT2D eigenvalue weighted by Gasteiger charge is 2.46. The van der Waals surface area contributed by atoms with Crippen molar-refractivity contribution in [2.75, 3.05) is 33.8 Å². The second-order valence-corrected chi connectivity index (χ2v) is 20.6. The molecule has 1 saturated carbocycles. The number of carbonyl (C=O) groups is 1. The zero-order chi connectivity index (χ0) is 30.8. The monoisotopic (exact) mass is 592 g/mol. The fourth-order valence-corrected chi connectivity index (χ4v) is 6.98. The first-order valence-electron chi connectivity index (χ1n) is 15.8. The number of likely N-dealkylation sites (N-methyl/N-ethyl adjacent to an activating group) is 2. The minimum Gasteiger partial charge on any atom is -0.444 e. The molecule has 8 nitrogen and oxygen atoms in total. The largest absolute Gasteiger partial charge is 0.444 e. The molecular weight excluding hydrogens is 532 g/mol. The summed E-state index contributed by atoms with van der Waals surface area (Å²) in [6.07, 6.45) is 8.71. The van der Waals surface area contributed by atoms with E-state index in [2.05, 4.69) is 70.5 Å². The molecule has 2 heterocycles. The van der Waals surface area contributed by atoms with Crippen LogP contribution in [0.3, 0.4) is 0 Å². The van der Waals surface area contributed by atoms with E-state index in [-0.39, 0.29) is 28.9 Å². The average Bonchev–Trinajstić information content (AvgIpc) is 3.26. The molecule has 2 unspecified atom stereocenters. The van der Waals surface area contributed by atoms with Crippen molar-refractivity contribution in [3.8, 4) is 0 Å². The maximum absolute atomic E-state index is 12.5. The molecule has 0 radical (unpaired) electrons. The molecular formula is C32H60N4O4Si. The van der Waals surface area contributed by atoms with Gasteiger partial charge in [-0.15, -0.1) is 0 Å². The highest BCUT2D eigenvalue weighted by atomic mass is 28.4. The lowest BCUT2D eigenvalue weighted by Crippen LogP contribution is -2.49. The van der Waals surface area contributed by atoms with E-state index < -0.39 is 13.9 Å². The topological polar surface area (TPSA) is 69.1 Å². The Labute approximate surface area is 251 Å². The normalized spacial score (nSPS) is 24.0. The molecule has 1 aromatic rings. The lowest BCUT2D eigenvalue weighted by molar-refractivity contribution is -0.0400. The molecule has 0 N–H and O–H groups in total. The van der Waals surface area contributed by atoms with E-state index in [9.17, 15) is 4.79 Å². The summed E-state index contributed by atoms with van der Waals surface area (Å²) in [7, 11) is 2.01. The van der Waals surface area contributed by atoms with Crippen molar-refractivity contribution in [2.45, 2.75) is 142 Å². The molecule has 0 spiro atoms. The molecule has 1 saturated heterocycles. The van der Waals surface area contributed by atoms with Gasteiger partial charge in [0, 0.05) is 51.0 Å². The van der Waals surface area contributed by atoms with Crippen LogP contribution in [0.2, 0.25) is 18.1 Å². The van der Waals surface area contributed by atoms with Crippen LogP contribution in [-0.2, 0) is 20.4 Å². The van der Waals surface area contributed by atoms with Crippen LogP contribution in [0.15, 0.2) is 6.20 Å². The first-order chi connectivity index (χ1) is 18.8. The number of carbonyl (C=O) groups excluding carboxylic acids is 1. The fraction of sp³-hybridized carbons (Fsp3) is 0.875. The molecule has 0 bridgehead atoms. The van der Waals surface area contributed by atoms with Gasteiger partial charge in [0.25, 0.3) is 0 Å². The van der Waals surface area contributed by atoms with Crippen molar-refractivity contribution < 1.29 is 18.7 Å². The Hall–Kier alpha value is -1.42. The van der Waals surface area contributed by atoms with Crippen LogP contribution in [-0.4, -0.2) is 79.5 Å². The quantitative estimate of drug-likeness (QED) is 0.276. The Bertz CT molecular complexity index is 1000. The Morgan fingerprint density at radius 2 is 1.80 bits per heavy atom. The summed E-state index contributed by atoms with van der Waals surface area (Å²) in [5.41, 5.74) is 2.11. The SMILES string of the molecule is CN(CCN(C)C(=O)OC(C)(C)C)Cc1cn(C2CCCCO2)nc1C1CCC(C)(C)[C@H](O[Si](C)(C)C(C)(C)C)C1. The average molecular weight is 593 g/mol. The molecule has 236 valence electrons. The summed E-state index contributed by atoms with van der Waals surface area (Å²) in [6.45, 7) is 25.1. The van der Waals surface area contributed by atoms with Gasteiger partial charge in [-0.1, -0.05) is 34.6 Å². The number of rotatable bonds is 9. The van der Waals surface area contributed by atoms with E-state index in [0.29, 0.717) is 12.5 Å². The highest BCUT2D eigenvalue weighted by Crippen LogP contribution is 2.48. The number of aromatic nitrogens is 2. The summed E-state index contributed by atoms with van der Waals surface area (Å²) < 4.78 is 20.9. The maximum Gasteiger partial charge on any atom is 0.410 e. The third-order valence-electron chi connectivity index (χ3n) is 9.39. The van der Waals surface area contributed by atoms with Gasteiger partial charge in [-0.05, 0) is 89.9 Å². The molecule has 1 aromatic heterocycles. The molecule has 1 aliphatic carbocycles. The zero-order valence-electron chi connectivity index (χ0n) is 28.3. The molecule has 1 aliphatic heterocycles. The Morgan fingerprint density at radius 3 is 2.39 bits per heavy atom. The molecule has 2 fully saturated rings. The van der Waals surface area contributed by atoms with Crippen LogP contribution < -0.4 is 0 Å². The predicted molar refractivity (Wildman–Crippen MR) is 169 cm³/mol. The Morgan fingerprint density at radius 1 is 1.12 bits per heavy atom. The third-order valence-corrected chi connectivity index (χ3v) is 13.9. The molecule has 2 aliphatic rings. The first kappa shape index (κ1) is 34.1. The lowest BCUT2D eigenvalue weighted by Gasteiger charge is -2.48. The van der Waals surface area contributed by atoms with Gasteiger partial charge >= 0.3 is 6.09 Å². The summed E-state index contributed by atoms with van der Waals surface area (Å²) in [5.74, 6) is 0.357. The smallest absolute Gasteiger partial charge is 0.410 e. The number of amides is 1. The second kappa shape index (κ2) is 13.1. The van der Waals surface area contributed by atoms with E-state index in [1.54, 1.807) is 11.9 Å². The third kappa shape index (κ3) is 9.28. The predicted octanol–water partition coefficient (Wildman–Crippen LogP) is 7.57. The number of nitrogens with zero attached hydrogens (tertiary/aromatic N) is 4.